The van der Waals surface area contributed by atoms with Crippen LogP contribution in [0, 0.1) is 6.92 Å². The van der Waals surface area contributed by atoms with Crippen LogP contribution in [-0.2, 0) is 13.0 Å². The average Bonchev–Trinajstić information content (AvgIpc) is 2.75. The molecule has 0 saturated carbocycles. The van der Waals surface area contributed by atoms with Crippen molar-refractivity contribution in [2.75, 3.05) is 31.1 Å². The van der Waals surface area contributed by atoms with Crippen LogP contribution < -0.4 is 4.90 Å². The van der Waals surface area contributed by atoms with Crippen LogP contribution in [0.3, 0.4) is 0 Å². The zero-order valence-electron chi connectivity index (χ0n) is 16.5. The summed E-state index contributed by atoms with van der Waals surface area (Å²) >= 11 is 0. The molecule has 2 aromatic heterocycles. The third kappa shape index (κ3) is 4.34. The van der Waals surface area contributed by atoms with Crippen molar-refractivity contribution in [2.24, 2.45) is 0 Å². The Labute approximate surface area is 166 Å². The summed E-state index contributed by atoms with van der Waals surface area (Å²) < 4.78 is 0. The number of rotatable bonds is 5. The van der Waals surface area contributed by atoms with E-state index in [-0.39, 0.29) is 0 Å². The van der Waals surface area contributed by atoms with Gasteiger partial charge in [0, 0.05) is 68.6 Å². The summed E-state index contributed by atoms with van der Waals surface area (Å²) in [6.45, 7) is 8.92. The third-order valence-corrected chi connectivity index (χ3v) is 5.14. The van der Waals surface area contributed by atoms with E-state index >= 15 is 0 Å². The highest BCUT2D eigenvalue weighted by Crippen LogP contribution is 2.17. The minimum atomic E-state index is 0.782. The molecule has 1 aromatic carbocycles. The Kier molecular flexibility index (Phi) is 5.58. The van der Waals surface area contributed by atoms with Gasteiger partial charge in [0.15, 0.2) is 5.82 Å². The van der Waals surface area contributed by atoms with Crippen molar-refractivity contribution in [1.29, 1.82) is 0 Å². The molecule has 144 valence electrons. The van der Waals surface area contributed by atoms with E-state index in [0.29, 0.717) is 0 Å². The lowest BCUT2D eigenvalue weighted by atomic mass is 10.1. The van der Waals surface area contributed by atoms with Crippen LogP contribution in [-0.4, -0.2) is 51.0 Å². The van der Waals surface area contributed by atoms with Gasteiger partial charge >= 0.3 is 0 Å². The summed E-state index contributed by atoms with van der Waals surface area (Å²) in [5.41, 5.74) is 4.61. The molecule has 0 atom stereocenters. The Bertz CT molecular complexity index is 899. The molecule has 3 heterocycles. The lowest BCUT2D eigenvalue weighted by Crippen LogP contribution is -2.46. The van der Waals surface area contributed by atoms with Gasteiger partial charge in [-0.05, 0) is 25.0 Å². The van der Waals surface area contributed by atoms with Crippen LogP contribution in [0.25, 0.3) is 11.4 Å². The molecule has 0 radical (unpaired) electrons. The highest BCUT2D eigenvalue weighted by Gasteiger charge is 2.19. The van der Waals surface area contributed by atoms with Gasteiger partial charge in [-0.15, -0.1) is 0 Å². The molecule has 1 saturated heterocycles. The van der Waals surface area contributed by atoms with E-state index in [1.807, 2.05) is 30.9 Å². The summed E-state index contributed by atoms with van der Waals surface area (Å²) in [5, 5.41) is 0. The fraction of sp³-hybridized carbons (Fsp3) is 0.364. The number of piperazine rings is 1. The van der Waals surface area contributed by atoms with Gasteiger partial charge in [0.25, 0.3) is 0 Å². The molecule has 1 aliphatic heterocycles. The standard InChI is InChI=1S/C22H26N6/c1-3-18-12-25-22(26-13-18)28-9-7-27(8-10-28)16-19-14-23-21(24-15-19)20-6-4-5-17(2)11-20/h4-6,11-15H,3,7-10,16H2,1-2H3. The van der Waals surface area contributed by atoms with Crippen molar-refractivity contribution in [3.63, 3.8) is 0 Å². The molecule has 6 nitrogen and oxygen atoms in total. The smallest absolute Gasteiger partial charge is 0.225 e. The maximum Gasteiger partial charge on any atom is 0.225 e. The molecule has 0 bridgehead atoms. The topological polar surface area (TPSA) is 58.0 Å². The minimum absolute atomic E-state index is 0.782. The molecule has 1 fully saturated rings. The number of hydrogen-bond donors (Lipinski definition) is 0. The molecule has 3 aromatic rings. The molecule has 6 heteroatoms. The Balaban J connectivity index is 1.33. The van der Waals surface area contributed by atoms with Crippen LogP contribution in [0.4, 0.5) is 5.95 Å². The van der Waals surface area contributed by atoms with E-state index in [4.69, 9.17) is 0 Å². The van der Waals surface area contributed by atoms with Crippen molar-refractivity contribution < 1.29 is 0 Å². The molecule has 0 N–H and O–H groups in total. The van der Waals surface area contributed by atoms with Crippen molar-refractivity contribution in [3.8, 4) is 11.4 Å². The second-order valence-corrected chi connectivity index (χ2v) is 7.29. The van der Waals surface area contributed by atoms with Gasteiger partial charge in [-0.3, -0.25) is 4.90 Å². The quantitative estimate of drug-likeness (QED) is 0.684. The summed E-state index contributed by atoms with van der Waals surface area (Å²) in [4.78, 5) is 22.8. The fourth-order valence-corrected chi connectivity index (χ4v) is 3.43. The number of anilines is 1. The first-order valence-electron chi connectivity index (χ1n) is 9.87. The van der Waals surface area contributed by atoms with Crippen LogP contribution in [0.15, 0.2) is 49.1 Å². The summed E-state index contributed by atoms with van der Waals surface area (Å²) in [5.74, 6) is 1.62. The monoisotopic (exact) mass is 374 g/mol. The Morgan fingerprint density at radius 1 is 0.857 bits per heavy atom. The predicted molar refractivity (Wildman–Crippen MR) is 111 cm³/mol. The second-order valence-electron chi connectivity index (χ2n) is 7.29. The van der Waals surface area contributed by atoms with Gasteiger partial charge < -0.3 is 4.90 Å². The molecule has 1 aliphatic rings. The van der Waals surface area contributed by atoms with Crippen molar-refractivity contribution in [1.82, 2.24) is 24.8 Å². The van der Waals surface area contributed by atoms with Crippen molar-refractivity contribution in [3.05, 3.63) is 65.7 Å². The highest BCUT2D eigenvalue weighted by molar-refractivity contribution is 5.55. The normalized spacial score (nSPS) is 15.0. The van der Waals surface area contributed by atoms with E-state index in [9.17, 15) is 0 Å². The van der Waals surface area contributed by atoms with Crippen LogP contribution in [0.1, 0.15) is 23.6 Å². The molecule has 0 unspecified atom stereocenters. The maximum atomic E-state index is 4.57. The van der Waals surface area contributed by atoms with E-state index in [2.05, 4.69) is 61.8 Å². The number of aryl methyl sites for hydroxylation is 2. The highest BCUT2D eigenvalue weighted by atomic mass is 15.3. The largest absolute Gasteiger partial charge is 0.338 e. The number of nitrogens with zero attached hydrogens (tertiary/aromatic N) is 6. The maximum absolute atomic E-state index is 4.57. The van der Waals surface area contributed by atoms with Gasteiger partial charge in [-0.1, -0.05) is 30.7 Å². The Hall–Kier alpha value is -2.86. The second kappa shape index (κ2) is 8.44. The predicted octanol–water partition coefficient (Wildman–Crippen LogP) is 3.13. The van der Waals surface area contributed by atoms with E-state index in [0.717, 1.165) is 62.0 Å². The molecule has 4 rings (SSSR count). The van der Waals surface area contributed by atoms with Crippen molar-refractivity contribution >= 4 is 5.95 Å². The van der Waals surface area contributed by atoms with Gasteiger partial charge in [0.2, 0.25) is 5.95 Å². The van der Waals surface area contributed by atoms with Gasteiger partial charge in [0.1, 0.15) is 0 Å². The first kappa shape index (κ1) is 18.5. The summed E-state index contributed by atoms with van der Waals surface area (Å²) in [6.07, 6.45) is 8.73. The molecule has 0 amide bonds. The molecule has 0 spiro atoms. The number of hydrogen-bond acceptors (Lipinski definition) is 6. The zero-order chi connectivity index (χ0) is 19.3. The summed E-state index contributed by atoms with van der Waals surface area (Å²) in [7, 11) is 0. The molecule has 28 heavy (non-hydrogen) atoms. The van der Waals surface area contributed by atoms with Crippen LogP contribution in [0.5, 0.6) is 0 Å². The molecular formula is C22H26N6. The van der Waals surface area contributed by atoms with E-state index in [1.54, 1.807) is 0 Å². The molecule has 0 aliphatic carbocycles. The van der Waals surface area contributed by atoms with E-state index in [1.165, 1.54) is 11.1 Å². The van der Waals surface area contributed by atoms with Gasteiger partial charge in [-0.25, -0.2) is 19.9 Å². The Morgan fingerprint density at radius 3 is 2.18 bits per heavy atom. The SMILES string of the molecule is CCc1cnc(N2CCN(Cc3cnc(-c4cccc(C)c4)nc3)CC2)nc1. The van der Waals surface area contributed by atoms with Crippen molar-refractivity contribution in [2.45, 2.75) is 26.8 Å². The van der Waals surface area contributed by atoms with Gasteiger partial charge in [-0.2, -0.15) is 0 Å². The number of aromatic nitrogens is 4. The average molecular weight is 374 g/mol. The zero-order valence-corrected chi connectivity index (χ0v) is 16.5. The minimum Gasteiger partial charge on any atom is -0.338 e. The number of benzene rings is 1. The lowest BCUT2D eigenvalue weighted by molar-refractivity contribution is 0.248. The Morgan fingerprint density at radius 2 is 1.54 bits per heavy atom. The van der Waals surface area contributed by atoms with E-state index < -0.39 is 0 Å². The first-order valence-corrected chi connectivity index (χ1v) is 9.87. The lowest BCUT2D eigenvalue weighted by Gasteiger charge is -2.34. The fourth-order valence-electron chi connectivity index (χ4n) is 3.43. The first-order chi connectivity index (χ1) is 13.7. The van der Waals surface area contributed by atoms with Crippen LogP contribution >= 0.6 is 0 Å². The summed E-state index contributed by atoms with van der Waals surface area (Å²) in [6, 6.07) is 8.29. The third-order valence-electron chi connectivity index (χ3n) is 5.14. The molecular weight excluding hydrogens is 348 g/mol. The van der Waals surface area contributed by atoms with Crippen LogP contribution in [0.2, 0.25) is 0 Å². The van der Waals surface area contributed by atoms with Gasteiger partial charge in [0.05, 0.1) is 0 Å².